The zero-order valence-electron chi connectivity index (χ0n) is 24.2. The second-order valence-electron chi connectivity index (χ2n) is 13.0. The SMILES string of the molecule is C/C=C\C1=C(C)c2ccc(-c3ccc4c(c3)C(C)(C)c3cc5ccc6cccc7ccc(c3-4)c5c67)cc2C1(C)C. The fraction of sp³-hybridized carbons (Fsp3) is 0.200. The minimum atomic E-state index is -0.0711. The molecule has 0 fully saturated rings. The van der Waals surface area contributed by atoms with Crippen LogP contribution in [0.4, 0.5) is 0 Å². The van der Waals surface area contributed by atoms with Crippen molar-refractivity contribution in [2.45, 2.75) is 52.4 Å². The van der Waals surface area contributed by atoms with Gasteiger partial charge in [-0.1, -0.05) is 107 Å². The number of hydrogen-bond acceptors (Lipinski definition) is 0. The molecule has 0 bridgehead atoms. The Morgan fingerprint density at radius 1 is 0.575 bits per heavy atom. The number of benzene rings is 6. The van der Waals surface area contributed by atoms with Crippen LogP contribution >= 0.6 is 0 Å². The lowest BCUT2D eigenvalue weighted by Gasteiger charge is -2.24. The number of fused-ring (bicyclic) bond motifs is 5. The summed E-state index contributed by atoms with van der Waals surface area (Å²) in [5, 5.41) is 8.18. The first-order chi connectivity index (χ1) is 19.2. The van der Waals surface area contributed by atoms with Crippen LogP contribution in [0.15, 0.2) is 103 Å². The van der Waals surface area contributed by atoms with Gasteiger partial charge >= 0.3 is 0 Å². The summed E-state index contributed by atoms with van der Waals surface area (Å²) in [4.78, 5) is 0. The molecule has 0 heteroatoms. The van der Waals surface area contributed by atoms with Crippen LogP contribution in [0.2, 0.25) is 0 Å². The Hall–Kier alpha value is -4.16. The fourth-order valence-electron chi connectivity index (χ4n) is 8.02. The van der Waals surface area contributed by atoms with Gasteiger partial charge in [0.15, 0.2) is 0 Å². The summed E-state index contributed by atoms with van der Waals surface area (Å²) in [6, 6.07) is 32.7. The van der Waals surface area contributed by atoms with Crippen LogP contribution in [0.3, 0.4) is 0 Å². The van der Waals surface area contributed by atoms with E-state index in [1.165, 1.54) is 88.0 Å². The highest BCUT2D eigenvalue weighted by molar-refractivity contribution is 6.26. The third-order valence-electron chi connectivity index (χ3n) is 10.1. The Morgan fingerprint density at radius 2 is 1.20 bits per heavy atom. The third-order valence-corrected chi connectivity index (χ3v) is 10.1. The Kier molecular flexibility index (Phi) is 4.58. The predicted molar refractivity (Wildman–Crippen MR) is 174 cm³/mol. The summed E-state index contributed by atoms with van der Waals surface area (Å²) in [5.41, 5.74) is 13.9. The van der Waals surface area contributed by atoms with Crippen LogP contribution in [0.25, 0.3) is 60.1 Å². The Morgan fingerprint density at radius 3 is 1.90 bits per heavy atom. The summed E-state index contributed by atoms with van der Waals surface area (Å²) in [5.74, 6) is 0. The quantitative estimate of drug-likeness (QED) is 0.202. The normalized spacial score (nSPS) is 16.9. The van der Waals surface area contributed by atoms with Gasteiger partial charge in [0.05, 0.1) is 0 Å². The van der Waals surface area contributed by atoms with Crippen molar-refractivity contribution in [3.8, 4) is 22.3 Å². The molecule has 0 radical (unpaired) electrons. The van der Waals surface area contributed by atoms with Crippen LogP contribution in [0.5, 0.6) is 0 Å². The van der Waals surface area contributed by atoms with Gasteiger partial charge < -0.3 is 0 Å². The fourth-order valence-corrected chi connectivity index (χ4v) is 8.02. The molecule has 0 spiro atoms. The monoisotopic (exact) mass is 514 g/mol. The summed E-state index contributed by atoms with van der Waals surface area (Å²) >= 11 is 0. The Balaban J connectivity index is 1.33. The molecule has 0 aliphatic heterocycles. The molecule has 0 amide bonds. The van der Waals surface area contributed by atoms with Gasteiger partial charge in [0.2, 0.25) is 0 Å². The molecule has 194 valence electrons. The van der Waals surface area contributed by atoms with E-state index in [9.17, 15) is 0 Å². The first kappa shape index (κ1) is 23.7. The lowest BCUT2D eigenvalue weighted by Crippen LogP contribution is -2.16. The molecule has 0 heterocycles. The lowest BCUT2D eigenvalue weighted by molar-refractivity contribution is 0.654. The maximum absolute atomic E-state index is 2.47. The number of allylic oxidation sites excluding steroid dienone is 4. The highest BCUT2D eigenvalue weighted by atomic mass is 14.4. The number of hydrogen-bond donors (Lipinski definition) is 0. The molecule has 0 saturated heterocycles. The van der Waals surface area contributed by atoms with Gasteiger partial charge in [0, 0.05) is 10.8 Å². The van der Waals surface area contributed by atoms with Gasteiger partial charge in [-0.15, -0.1) is 0 Å². The minimum Gasteiger partial charge on any atom is -0.0873 e. The zero-order valence-corrected chi connectivity index (χ0v) is 24.2. The summed E-state index contributed by atoms with van der Waals surface area (Å²) in [6.45, 7) is 13.9. The third kappa shape index (κ3) is 2.87. The maximum Gasteiger partial charge on any atom is 0.0159 e. The van der Waals surface area contributed by atoms with Crippen LogP contribution in [-0.2, 0) is 10.8 Å². The average Bonchev–Trinajstić information content (AvgIpc) is 3.30. The van der Waals surface area contributed by atoms with Crippen molar-refractivity contribution in [1.29, 1.82) is 0 Å². The van der Waals surface area contributed by atoms with Crippen LogP contribution in [0, 0.1) is 0 Å². The molecule has 6 aromatic carbocycles. The van der Waals surface area contributed by atoms with E-state index in [0.717, 1.165) is 0 Å². The van der Waals surface area contributed by atoms with Crippen LogP contribution in [-0.4, -0.2) is 0 Å². The second-order valence-corrected chi connectivity index (χ2v) is 13.0. The molecule has 2 aliphatic carbocycles. The van der Waals surface area contributed by atoms with Gasteiger partial charge in [-0.2, -0.15) is 0 Å². The van der Waals surface area contributed by atoms with Crippen molar-refractivity contribution in [3.05, 3.63) is 125 Å². The van der Waals surface area contributed by atoms with E-state index in [-0.39, 0.29) is 10.8 Å². The van der Waals surface area contributed by atoms with E-state index in [4.69, 9.17) is 0 Å². The van der Waals surface area contributed by atoms with Crippen molar-refractivity contribution in [3.63, 3.8) is 0 Å². The van der Waals surface area contributed by atoms with E-state index in [1.807, 2.05) is 0 Å². The molecule has 2 aliphatic rings. The molecule has 0 saturated carbocycles. The van der Waals surface area contributed by atoms with Crippen molar-refractivity contribution in [2.24, 2.45) is 0 Å². The Bertz CT molecular complexity index is 2090. The van der Waals surface area contributed by atoms with Crippen LogP contribution in [0.1, 0.15) is 63.8 Å². The molecule has 0 N–H and O–H groups in total. The van der Waals surface area contributed by atoms with Crippen molar-refractivity contribution in [1.82, 2.24) is 0 Å². The van der Waals surface area contributed by atoms with Crippen molar-refractivity contribution < 1.29 is 0 Å². The van der Waals surface area contributed by atoms with E-state index in [2.05, 4.69) is 139 Å². The van der Waals surface area contributed by atoms with Gasteiger partial charge in [0.25, 0.3) is 0 Å². The zero-order chi connectivity index (χ0) is 27.6. The van der Waals surface area contributed by atoms with E-state index < -0.39 is 0 Å². The largest absolute Gasteiger partial charge is 0.0873 e. The lowest BCUT2D eigenvalue weighted by atomic mass is 9.79. The molecule has 0 atom stereocenters. The summed E-state index contributed by atoms with van der Waals surface area (Å²) < 4.78 is 0. The molecule has 0 unspecified atom stereocenters. The Labute approximate surface area is 237 Å². The van der Waals surface area contributed by atoms with E-state index >= 15 is 0 Å². The molecule has 8 rings (SSSR count). The first-order valence-electron chi connectivity index (χ1n) is 14.6. The van der Waals surface area contributed by atoms with Gasteiger partial charge in [-0.25, -0.2) is 0 Å². The molecular formula is C40H34. The number of rotatable bonds is 2. The highest BCUT2D eigenvalue weighted by Gasteiger charge is 2.38. The molecule has 0 aromatic heterocycles. The maximum atomic E-state index is 2.47. The van der Waals surface area contributed by atoms with E-state index in [1.54, 1.807) is 0 Å². The predicted octanol–water partition coefficient (Wildman–Crippen LogP) is 11.2. The molecular weight excluding hydrogens is 480 g/mol. The first-order valence-corrected chi connectivity index (χ1v) is 14.6. The summed E-state index contributed by atoms with van der Waals surface area (Å²) in [6.07, 6.45) is 4.46. The smallest absolute Gasteiger partial charge is 0.0159 e. The van der Waals surface area contributed by atoms with E-state index in [0.29, 0.717) is 0 Å². The molecule has 6 aromatic rings. The summed E-state index contributed by atoms with van der Waals surface area (Å²) in [7, 11) is 0. The molecule has 0 nitrogen and oxygen atoms in total. The topological polar surface area (TPSA) is 0 Å². The highest BCUT2D eigenvalue weighted by Crippen LogP contribution is 2.54. The van der Waals surface area contributed by atoms with Crippen molar-refractivity contribution in [2.75, 3.05) is 0 Å². The van der Waals surface area contributed by atoms with Crippen LogP contribution < -0.4 is 0 Å². The van der Waals surface area contributed by atoms with Crippen molar-refractivity contribution >= 4 is 37.9 Å². The van der Waals surface area contributed by atoms with Gasteiger partial charge in [-0.3, -0.25) is 0 Å². The minimum absolute atomic E-state index is 0.00486. The van der Waals surface area contributed by atoms with Gasteiger partial charge in [0.1, 0.15) is 0 Å². The second kappa shape index (κ2) is 7.73. The van der Waals surface area contributed by atoms with Gasteiger partial charge in [-0.05, 0) is 120 Å². The average molecular weight is 515 g/mol. The molecule has 40 heavy (non-hydrogen) atoms. The standard InChI is InChI=1S/C40H34/c1-7-9-32-23(2)29-17-15-26(20-33(29)39(32,3)4)27-16-18-30-34(21-27)40(5,6)35-22-28-13-12-24-10-8-11-25-14-19-31(38(30)35)37(28)36(24)25/h7-22H,1-6H3/b9-7-.